The average Bonchev–Trinajstić information content (AvgIpc) is 2.43. The van der Waals surface area contributed by atoms with E-state index in [1.165, 1.54) is 0 Å². The highest BCUT2D eigenvalue weighted by molar-refractivity contribution is 14.1. The molecule has 1 N–H and O–H groups in total. The van der Waals surface area contributed by atoms with Gasteiger partial charge in [-0.25, -0.2) is 0 Å². The Hall–Kier alpha value is -0.780. The summed E-state index contributed by atoms with van der Waals surface area (Å²) < 4.78 is 7.11. The van der Waals surface area contributed by atoms with E-state index in [0.29, 0.717) is 5.02 Å². The summed E-state index contributed by atoms with van der Waals surface area (Å²) >= 11 is 8.55. The lowest BCUT2D eigenvalue weighted by Gasteiger charge is -2.13. The lowest BCUT2D eigenvalue weighted by atomic mass is 10.2. The van der Waals surface area contributed by atoms with E-state index in [0.717, 1.165) is 40.1 Å². The van der Waals surface area contributed by atoms with Crippen LogP contribution in [-0.4, -0.2) is 6.54 Å². The zero-order valence-electron chi connectivity index (χ0n) is 11.3. The van der Waals surface area contributed by atoms with Crippen molar-refractivity contribution in [2.24, 2.45) is 0 Å². The molecule has 2 rings (SSSR count). The summed E-state index contributed by atoms with van der Waals surface area (Å²) in [5.41, 5.74) is 1.07. The lowest BCUT2D eigenvalue weighted by molar-refractivity contribution is 0.472. The molecule has 0 aromatic heterocycles. The van der Waals surface area contributed by atoms with Gasteiger partial charge in [-0.15, -0.1) is 0 Å². The molecule has 0 aliphatic heterocycles. The number of nitrogens with one attached hydrogen (secondary N) is 1. The Morgan fingerprint density at radius 1 is 1.20 bits per heavy atom. The molecule has 0 saturated carbocycles. The maximum absolute atomic E-state index is 6.28. The topological polar surface area (TPSA) is 21.3 Å². The molecule has 0 saturated heterocycles. The molecule has 0 fully saturated rings. The van der Waals surface area contributed by atoms with Crippen molar-refractivity contribution in [1.29, 1.82) is 0 Å². The van der Waals surface area contributed by atoms with Crippen molar-refractivity contribution in [1.82, 2.24) is 5.32 Å². The first-order chi connectivity index (χ1) is 9.70. The fourth-order valence-electron chi connectivity index (χ4n) is 1.86. The average molecular weight is 402 g/mol. The van der Waals surface area contributed by atoms with Gasteiger partial charge >= 0.3 is 0 Å². The molecule has 0 aliphatic carbocycles. The molecule has 106 valence electrons. The van der Waals surface area contributed by atoms with Crippen LogP contribution in [0.5, 0.6) is 11.5 Å². The summed E-state index contributed by atoms with van der Waals surface area (Å²) in [5.74, 6) is 1.54. The SMILES string of the molecule is CCCNCc1cccc(Cl)c1Oc1cccc(I)c1. The molecule has 0 heterocycles. The Morgan fingerprint density at radius 3 is 2.75 bits per heavy atom. The first-order valence-electron chi connectivity index (χ1n) is 6.62. The van der Waals surface area contributed by atoms with Crippen molar-refractivity contribution in [3.63, 3.8) is 0 Å². The van der Waals surface area contributed by atoms with Gasteiger partial charge in [-0.2, -0.15) is 0 Å². The van der Waals surface area contributed by atoms with E-state index in [-0.39, 0.29) is 0 Å². The van der Waals surface area contributed by atoms with Gasteiger partial charge in [-0.3, -0.25) is 0 Å². The van der Waals surface area contributed by atoms with Gasteiger partial charge in [-0.1, -0.05) is 36.7 Å². The number of benzene rings is 2. The fraction of sp³-hybridized carbons (Fsp3) is 0.250. The zero-order chi connectivity index (χ0) is 14.4. The number of rotatable bonds is 6. The van der Waals surface area contributed by atoms with E-state index in [2.05, 4.69) is 34.8 Å². The summed E-state index contributed by atoms with van der Waals surface area (Å²) in [6.45, 7) is 3.89. The van der Waals surface area contributed by atoms with Gasteiger partial charge in [0.05, 0.1) is 5.02 Å². The monoisotopic (exact) mass is 401 g/mol. The van der Waals surface area contributed by atoms with E-state index in [1.807, 2.05) is 42.5 Å². The van der Waals surface area contributed by atoms with E-state index < -0.39 is 0 Å². The highest BCUT2D eigenvalue weighted by atomic mass is 127. The van der Waals surface area contributed by atoms with Crippen molar-refractivity contribution in [3.8, 4) is 11.5 Å². The van der Waals surface area contributed by atoms with E-state index >= 15 is 0 Å². The van der Waals surface area contributed by atoms with Crippen molar-refractivity contribution < 1.29 is 4.74 Å². The second-order valence-electron chi connectivity index (χ2n) is 4.46. The van der Waals surface area contributed by atoms with Gasteiger partial charge in [0.2, 0.25) is 0 Å². The normalized spacial score (nSPS) is 10.6. The number of halogens is 2. The van der Waals surface area contributed by atoms with Crippen LogP contribution in [0.4, 0.5) is 0 Å². The lowest BCUT2D eigenvalue weighted by Crippen LogP contribution is -2.14. The first-order valence-corrected chi connectivity index (χ1v) is 8.08. The minimum atomic E-state index is 0.639. The third-order valence-electron chi connectivity index (χ3n) is 2.81. The van der Waals surface area contributed by atoms with Crippen LogP contribution in [0.2, 0.25) is 5.02 Å². The molecule has 0 bridgehead atoms. The summed E-state index contributed by atoms with van der Waals surface area (Å²) in [6, 6.07) is 13.8. The van der Waals surface area contributed by atoms with Gasteiger partial charge < -0.3 is 10.1 Å². The fourth-order valence-corrected chi connectivity index (χ4v) is 2.60. The predicted octanol–water partition coefficient (Wildman–Crippen LogP) is 5.24. The highest BCUT2D eigenvalue weighted by Gasteiger charge is 2.09. The summed E-state index contributed by atoms with van der Waals surface area (Å²) in [6.07, 6.45) is 1.10. The minimum Gasteiger partial charge on any atom is -0.455 e. The highest BCUT2D eigenvalue weighted by Crippen LogP contribution is 2.33. The molecule has 0 amide bonds. The Kier molecular flexibility index (Phi) is 6.13. The standard InChI is InChI=1S/C16H17ClINO/c1-2-9-19-11-12-5-3-8-15(17)16(12)20-14-7-4-6-13(18)10-14/h3-8,10,19H,2,9,11H2,1H3. The van der Waals surface area contributed by atoms with Crippen molar-refractivity contribution in [2.75, 3.05) is 6.54 Å². The summed E-state index contributed by atoms with van der Waals surface area (Å²) in [7, 11) is 0. The molecule has 0 aliphatic rings. The van der Waals surface area contributed by atoms with Crippen LogP contribution in [-0.2, 0) is 6.54 Å². The van der Waals surface area contributed by atoms with E-state index in [9.17, 15) is 0 Å². The molecule has 0 spiro atoms. The predicted molar refractivity (Wildman–Crippen MR) is 92.7 cm³/mol. The molecule has 2 aromatic rings. The van der Waals surface area contributed by atoms with Crippen LogP contribution in [0, 0.1) is 3.57 Å². The van der Waals surface area contributed by atoms with Gasteiger partial charge in [0, 0.05) is 15.7 Å². The Bertz CT molecular complexity index is 574. The second-order valence-corrected chi connectivity index (χ2v) is 6.12. The van der Waals surface area contributed by atoms with Gasteiger partial charge in [0.1, 0.15) is 11.5 Å². The van der Waals surface area contributed by atoms with Crippen molar-refractivity contribution in [2.45, 2.75) is 19.9 Å². The van der Waals surface area contributed by atoms with Crippen LogP contribution in [0.1, 0.15) is 18.9 Å². The van der Waals surface area contributed by atoms with Crippen LogP contribution in [0.25, 0.3) is 0 Å². The Morgan fingerprint density at radius 2 is 2.00 bits per heavy atom. The Balaban J connectivity index is 2.21. The molecule has 20 heavy (non-hydrogen) atoms. The number of para-hydroxylation sites is 1. The van der Waals surface area contributed by atoms with Gasteiger partial charge in [0.25, 0.3) is 0 Å². The summed E-state index contributed by atoms with van der Waals surface area (Å²) in [5, 5.41) is 4.01. The minimum absolute atomic E-state index is 0.639. The molecule has 0 atom stereocenters. The van der Waals surface area contributed by atoms with Crippen LogP contribution >= 0.6 is 34.2 Å². The summed E-state index contributed by atoms with van der Waals surface area (Å²) in [4.78, 5) is 0. The van der Waals surface area contributed by atoms with Gasteiger partial charge in [-0.05, 0) is 59.8 Å². The second kappa shape index (κ2) is 7.86. The quantitative estimate of drug-likeness (QED) is 0.528. The first kappa shape index (κ1) is 15.6. The van der Waals surface area contributed by atoms with E-state index in [4.69, 9.17) is 16.3 Å². The molecule has 0 unspecified atom stereocenters. The smallest absolute Gasteiger partial charge is 0.150 e. The van der Waals surface area contributed by atoms with Crippen molar-refractivity contribution in [3.05, 3.63) is 56.6 Å². The van der Waals surface area contributed by atoms with Crippen LogP contribution in [0.3, 0.4) is 0 Å². The maximum atomic E-state index is 6.28. The molecular weight excluding hydrogens is 385 g/mol. The molecule has 2 nitrogen and oxygen atoms in total. The van der Waals surface area contributed by atoms with E-state index in [1.54, 1.807) is 0 Å². The van der Waals surface area contributed by atoms with Crippen LogP contribution in [0.15, 0.2) is 42.5 Å². The third kappa shape index (κ3) is 4.36. The van der Waals surface area contributed by atoms with Gasteiger partial charge in [0.15, 0.2) is 0 Å². The zero-order valence-corrected chi connectivity index (χ0v) is 14.2. The number of hydrogen-bond acceptors (Lipinski definition) is 2. The molecule has 0 radical (unpaired) electrons. The third-order valence-corrected chi connectivity index (χ3v) is 3.78. The maximum Gasteiger partial charge on any atom is 0.150 e. The molecule has 2 aromatic carbocycles. The number of ether oxygens (including phenoxy) is 1. The number of hydrogen-bond donors (Lipinski definition) is 1. The molecular formula is C16H17ClINO. The molecule has 4 heteroatoms. The Labute approximate surface area is 138 Å². The van der Waals surface area contributed by atoms with Crippen LogP contribution < -0.4 is 10.1 Å². The van der Waals surface area contributed by atoms with Crippen molar-refractivity contribution >= 4 is 34.2 Å². The largest absolute Gasteiger partial charge is 0.455 e.